The highest BCUT2D eigenvalue weighted by molar-refractivity contribution is 5.80. The minimum Gasteiger partial charge on any atom is -0.481 e. The van der Waals surface area contributed by atoms with E-state index in [4.69, 9.17) is 4.74 Å². The first kappa shape index (κ1) is 15.5. The maximum absolute atomic E-state index is 11.7. The third-order valence-corrected chi connectivity index (χ3v) is 2.87. The number of ether oxygens (including phenoxy) is 1. The lowest BCUT2D eigenvalue weighted by molar-refractivity contribution is -0.127. The van der Waals surface area contributed by atoms with E-state index < -0.39 is 12.2 Å². The molecule has 0 aliphatic carbocycles. The Morgan fingerprint density at radius 1 is 1.32 bits per heavy atom. The predicted molar refractivity (Wildman–Crippen MR) is 75.1 cm³/mol. The van der Waals surface area contributed by atoms with Crippen molar-refractivity contribution >= 4 is 5.91 Å². The number of hydrogen-bond acceptors (Lipinski definition) is 3. The molecule has 1 unspecified atom stereocenters. The molecule has 4 heteroatoms. The summed E-state index contributed by atoms with van der Waals surface area (Å²) in [5, 5.41) is 12.2. The lowest BCUT2D eigenvalue weighted by atomic mass is 10.1. The number of aliphatic hydroxyl groups is 1. The average molecular weight is 265 g/mol. The molecular formula is C15H23NO3. The summed E-state index contributed by atoms with van der Waals surface area (Å²) in [4.78, 5) is 11.7. The lowest BCUT2D eigenvalue weighted by Crippen LogP contribution is -2.36. The van der Waals surface area contributed by atoms with E-state index in [-0.39, 0.29) is 5.91 Å². The number of carbonyl (C=O) groups is 1. The van der Waals surface area contributed by atoms with Gasteiger partial charge in [-0.05, 0) is 38.0 Å². The van der Waals surface area contributed by atoms with Crippen LogP contribution >= 0.6 is 0 Å². The quantitative estimate of drug-likeness (QED) is 0.744. The molecule has 0 fully saturated rings. The van der Waals surface area contributed by atoms with Crippen LogP contribution in [0.5, 0.6) is 5.75 Å². The van der Waals surface area contributed by atoms with Gasteiger partial charge in [-0.1, -0.05) is 25.5 Å². The molecule has 1 rings (SSSR count). The van der Waals surface area contributed by atoms with Crippen LogP contribution in [0.1, 0.15) is 45.3 Å². The van der Waals surface area contributed by atoms with E-state index in [0.717, 1.165) is 18.4 Å². The van der Waals surface area contributed by atoms with E-state index in [2.05, 4.69) is 12.2 Å². The molecule has 0 aliphatic heterocycles. The van der Waals surface area contributed by atoms with E-state index in [1.807, 2.05) is 0 Å². The molecule has 0 heterocycles. The Labute approximate surface area is 114 Å². The first-order valence-corrected chi connectivity index (χ1v) is 6.77. The molecule has 0 radical (unpaired) electrons. The highest BCUT2D eigenvalue weighted by atomic mass is 16.5. The van der Waals surface area contributed by atoms with Crippen LogP contribution in [0.25, 0.3) is 0 Å². The number of nitrogens with one attached hydrogen (secondary N) is 1. The zero-order chi connectivity index (χ0) is 14.3. The van der Waals surface area contributed by atoms with E-state index in [0.29, 0.717) is 12.3 Å². The molecular weight excluding hydrogens is 242 g/mol. The van der Waals surface area contributed by atoms with E-state index in [1.54, 1.807) is 38.1 Å². The average Bonchev–Trinajstić information content (AvgIpc) is 2.39. The van der Waals surface area contributed by atoms with Crippen molar-refractivity contribution in [1.29, 1.82) is 0 Å². The van der Waals surface area contributed by atoms with Crippen LogP contribution < -0.4 is 10.1 Å². The Morgan fingerprint density at radius 3 is 2.47 bits per heavy atom. The molecule has 0 bridgehead atoms. The molecule has 1 aromatic carbocycles. The van der Waals surface area contributed by atoms with Gasteiger partial charge < -0.3 is 15.2 Å². The smallest absolute Gasteiger partial charge is 0.260 e. The Morgan fingerprint density at radius 2 is 1.95 bits per heavy atom. The van der Waals surface area contributed by atoms with Crippen molar-refractivity contribution in [2.45, 2.75) is 45.8 Å². The Hall–Kier alpha value is -1.55. The van der Waals surface area contributed by atoms with Crippen molar-refractivity contribution in [3.05, 3.63) is 29.8 Å². The number of rotatable bonds is 7. The zero-order valence-electron chi connectivity index (χ0n) is 11.8. The molecule has 0 spiro atoms. The van der Waals surface area contributed by atoms with Crippen LogP contribution in [0.3, 0.4) is 0 Å². The third kappa shape index (κ3) is 5.30. The second-order valence-corrected chi connectivity index (χ2v) is 4.65. The monoisotopic (exact) mass is 265 g/mol. The fourth-order valence-corrected chi connectivity index (χ4v) is 1.61. The molecule has 0 saturated heterocycles. The molecule has 1 aromatic rings. The minimum atomic E-state index is -0.519. The highest BCUT2D eigenvalue weighted by Gasteiger charge is 2.13. The van der Waals surface area contributed by atoms with Crippen LogP contribution in [-0.2, 0) is 4.79 Å². The zero-order valence-corrected chi connectivity index (χ0v) is 11.8. The molecule has 0 aliphatic rings. The first-order valence-electron chi connectivity index (χ1n) is 6.77. The van der Waals surface area contributed by atoms with Crippen molar-refractivity contribution in [1.82, 2.24) is 5.32 Å². The fraction of sp³-hybridized carbons (Fsp3) is 0.533. The topological polar surface area (TPSA) is 58.6 Å². The summed E-state index contributed by atoms with van der Waals surface area (Å²) in [6.07, 6.45) is 1.01. The van der Waals surface area contributed by atoms with Gasteiger partial charge in [-0.3, -0.25) is 4.79 Å². The minimum absolute atomic E-state index is 0.104. The van der Waals surface area contributed by atoms with Gasteiger partial charge in [0.1, 0.15) is 5.75 Å². The number of unbranched alkanes of at least 4 members (excludes halogenated alkanes) is 1. The van der Waals surface area contributed by atoms with E-state index >= 15 is 0 Å². The van der Waals surface area contributed by atoms with Crippen molar-refractivity contribution < 1.29 is 14.6 Å². The first-order chi connectivity index (χ1) is 9.04. The van der Waals surface area contributed by atoms with Gasteiger partial charge in [-0.25, -0.2) is 0 Å². The maximum Gasteiger partial charge on any atom is 0.260 e. The van der Waals surface area contributed by atoms with Crippen molar-refractivity contribution in [2.75, 3.05) is 6.54 Å². The van der Waals surface area contributed by atoms with Gasteiger partial charge in [0.2, 0.25) is 0 Å². The summed E-state index contributed by atoms with van der Waals surface area (Å²) in [7, 11) is 0. The van der Waals surface area contributed by atoms with Gasteiger partial charge in [0.25, 0.3) is 5.91 Å². The van der Waals surface area contributed by atoms with Gasteiger partial charge in [0.05, 0.1) is 6.10 Å². The number of amides is 1. The summed E-state index contributed by atoms with van der Waals surface area (Å²) in [5.41, 5.74) is 0.826. The van der Waals surface area contributed by atoms with Crippen LogP contribution in [-0.4, -0.2) is 23.7 Å². The summed E-state index contributed by atoms with van der Waals surface area (Å²) >= 11 is 0. The summed E-state index contributed by atoms with van der Waals surface area (Å²) < 4.78 is 5.55. The Balaban J connectivity index is 2.47. The molecule has 19 heavy (non-hydrogen) atoms. The van der Waals surface area contributed by atoms with Crippen LogP contribution in [0.15, 0.2) is 24.3 Å². The summed E-state index contributed by atoms with van der Waals surface area (Å²) in [6.45, 7) is 6.20. The second kappa shape index (κ2) is 7.79. The predicted octanol–water partition coefficient (Wildman–Crippen LogP) is 2.42. The number of hydrogen-bond donors (Lipinski definition) is 2. The normalized spacial score (nSPS) is 13.7. The molecule has 4 nitrogen and oxygen atoms in total. The van der Waals surface area contributed by atoms with Crippen molar-refractivity contribution in [2.24, 2.45) is 0 Å². The highest BCUT2D eigenvalue weighted by Crippen LogP contribution is 2.18. The van der Waals surface area contributed by atoms with Crippen LogP contribution in [0, 0.1) is 0 Å². The molecule has 2 atom stereocenters. The molecule has 0 aromatic heterocycles. The fourth-order valence-electron chi connectivity index (χ4n) is 1.61. The van der Waals surface area contributed by atoms with Crippen LogP contribution in [0.2, 0.25) is 0 Å². The van der Waals surface area contributed by atoms with Gasteiger partial charge >= 0.3 is 0 Å². The van der Waals surface area contributed by atoms with E-state index in [9.17, 15) is 9.90 Å². The van der Waals surface area contributed by atoms with Gasteiger partial charge in [-0.2, -0.15) is 0 Å². The number of aliphatic hydroxyl groups excluding tert-OH is 1. The molecule has 106 valence electrons. The third-order valence-electron chi connectivity index (χ3n) is 2.87. The lowest BCUT2D eigenvalue weighted by Gasteiger charge is -2.15. The Kier molecular flexibility index (Phi) is 6.36. The Bertz CT molecular complexity index is 387. The van der Waals surface area contributed by atoms with Crippen LogP contribution in [0.4, 0.5) is 0 Å². The SMILES string of the molecule is CCCCNC(=O)C(C)Oc1ccc([C@H](C)O)cc1. The number of carbonyl (C=O) groups excluding carboxylic acids is 1. The summed E-state index contributed by atoms with van der Waals surface area (Å²) in [5.74, 6) is 0.524. The standard InChI is InChI=1S/C15H23NO3/c1-4-5-10-16-15(18)12(3)19-14-8-6-13(7-9-14)11(2)17/h6-9,11-12,17H,4-5,10H2,1-3H3,(H,16,18)/t11-,12?/m0/s1. The van der Waals surface area contributed by atoms with Gasteiger partial charge in [0, 0.05) is 6.54 Å². The molecule has 1 amide bonds. The molecule has 0 saturated carbocycles. The summed E-state index contributed by atoms with van der Waals surface area (Å²) in [6, 6.07) is 7.11. The maximum atomic E-state index is 11.7. The van der Waals surface area contributed by atoms with Gasteiger partial charge in [-0.15, -0.1) is 0 Å². The van der Waals surface area contributed by atoms with E-state index in [1.165, 1.54) is 0 Å². The van der Waals surface area contributed by atoms with Crippen molar-refractivity contribution in [3.63, 3.8) is 0 Å². The largest absolute Gasteiger partial charge is 0.481 e. The molecule has 2 N–H and O–H groups in total. The van der Waals surface area contributed by atoms with Crippen molar-refractivity contribution in [3.8, 4) is 5.75 Å². The number of benzene rings is 1. The second-order valence-electron chi connectivity index (χ2n) is 4.65. The van der Waals surface area contributed by atoms with Gasteiger partial charge in [0.15, 0.2) is 6.10 Å².